The fourth-order valence-electron chi connectivity index (χ4n) is 4.19. The normalized spacial score (nSPS) is 15.8. The fourth-order valence-corrected chi connectivity index (χ4v) is 6.93. The van der Waals surface area contributed by atoms with Gasteiger partial charge in [-0.3, -0.25) is 9.10 Å². The van der Waals surface area contributed by atoms with E-state index in [0.29, 0.717) is 24.5 Å². The van der Waals surface area contributed by atoms with Crippen LogP contribution < -0.4 is 14.4 Å². The lowest BCUT2D eigenvalue weighted by Crippen LogP contribution is -2.48. The average molecular weight is 538 g/mol. The summed E-state index contributed by atoms with van der Waals surface area (Å²) in [5.41, 5.74) is 2.11. The Morgan fingerprint density at radius 2 is 1.67 bits per heavy atom. The number of benzene rings is 2. The summed E-state index contributed by atoms with van der Waals surface area (Å²) in [5, 5.41) is 2.72. The van der Waals surface area contributed by atoms with E-state index in [1.165, 1.54) is 16.4 Å². The lowest BCUT2D eigenvalue weighted by molar-refractivity contribution is -0.121. The van der Waals surface area contributed by atoms with Crippen LogP contribution in [0.5, 0.6) is 5.75 Å². The van der Waals surface area contributed by atoms with Gasteiger partial charge in [0.2, 0.25) is 26.0 Å². The predicted octanol–water partition coefficient (Wildman–Crippen LogP) is 2.83. The number of amides is 1. The molecule has 0 spiro atoms. The first kappa shape index (κ1) is 27.9. The van der Waals surface area contributed by atoms with Crippen LogP contribution in [0.25, 0.3) is 0 Å². The van der Waals surface area contributed by atoms with Crippen LogP contribution in [-0.4, -0.2) is 65.6 Å². The molecule has 1 aliphatic rings. The van der Waals surface area contributed by atoms with E-state index in [4.69, 9.17) is 4.74 Å². The maximum absolute atomic E-state index is 12.8. The number of hydrogen-bond donors (Lipinski definition) is 1. The molecular formula is C25H35N3O6S2. The molecule has 1 N–H and O–H groups in total. The predicted molar refractivity (Wildman–Crippen MR) is 140 cm³/mol. The third kappa shape index (κ3) is 6.77. The lowest BCUT2D eigenvalue weighted by atomic mass is 10.1. The Morgan fingerprint density at radius 3 is 2.28 bits per heavy atom. The number of nitrogens with one attached hydrogen (secondary N) is 1. The second-order valence-electron chi connectivity index (χ2n) is 9.10. The van der Waals surface area contributed by atoms with Crippen molar-refractivity contribution in [2.45, 2.75) is 51.0 Å². The zero-order valence-corrected chi connectivity index (χ0v) is 22.9. The molecule has 1 saturated heterocycles. The number of rotatable bonds is 10. The molecule has 2 aromatic carbocycles. The molecule has 0 unspecified atom stereocenters. The molecule has 1 fully saturated rings. The molecule has 0 aliphatic carbocycles. The molecule has 1 amide bonds. The minimum Gasteiger partial charge on any atom is -0.492 e. The molecule has 1 atom stereocenters. The number of carbonyl (C=O) groups excluding carboxylic acids is 1. The Hall–Kier alpha value is -2.63. The minimum absolute atomic E-state index is 0.138. The zero-order chi connectivity index (χ0) is 26.5. The topological polar surface area (TPSA) is 113 Å². The van der Waals surface area contributed by atoms with Crippen molar-refractivity contribution in [3.63, 3.8) is 0 Å². The quantitative estimate of drug-likeness (QED) is 0.467. The van der Waals surface area contributed by atoms with E-state index < -0.39 is 32.0 Å². The van der Waals surface area contributed by atoms with E-state index >= 15 is 0 Å². The number of carbonyl (C=O) groups is 1. The second kappa shape index (κ2) is 11.6. The first-order chi connectivity index (χ1) is 16.9. The smallest absolute Gasteiger partial charge is 0.243 e. The Bertz CT molecular complexity index is 1270. The molecule has 0 bridgehead atoms. The van der Waals surface area contributed by atoms with Gasteiger partial charge in [0.15, 0.2) is 0 Å². The number of sulfonamides is 2. The lowest BCUT2D eigenvalue weighted by Gasteiger charge is -2.29. The van der Waals surface area contributed by atoms with Crippen LogP contribution in [0.1, 0.15) is 37.3 Å². The molecule has 9 nitrogen and oxygen atoms in total. The Morgan fingerprint density at radius 1 is 1.03 bits per heavy atom. The van der Waals surface area contributed by atoms with Gasteiger partial charge in [-0.25, -0.2) is 16.8 Å². The molecule has 1 heterocycles. The summed E-state index contributed by atoms with van der Waals surface area (Å²) in [6, 6.07) is 10.7. The summed E-state index contributed by atoms with van der Waals surface area (Å²) in [5.74, 6) is 0.0240. The third-order valence-electron chi connectivity index (χ3n) is 6.14. The van der Waals surface area contributed by atoms with Crippen LogP contribution in [0.3, 0.4) is 0 Å². The first-order valence-electron chi connectivity index (χ1n) is 12.0. The summed E-state index contributed by atoms with van der Waals surface area (Å²) >= 11 is 0. The van der Waals surface area contributed by atoms with Crippen molar-refractivity contribution in [1.82, 2.24) is 9.62 Å². The van der Waals surface area contributed by atoms with Gasteiger partial charge in [-0.05, 0) is 75.1 Å². The molecular weight excluding hydrogens is 502 g/mol. The molecule has 11 heteroatoms. The van der Waals surface area contributed by atoms with Gasteiger partial charge in [0.1, 0.15) is 18.4 Å². The van der Waals surface area contributed by atoms with Crippen LogP contribution in [0, 0.1) is 13.8 Å². The van der Waals surface area contributed by atoms with Gasteiger partial charge in [0, 0.05) is 13.1 Å². The largest absolute Gasteiger partial charge is 0.492 e. The summed E-state index contributed by atoms with van der Waals surface area (Å²) in [7, 11) is -7.22. The number of anilines is 1. The van der Waals surface area contributed by atoms with Crippen molar-refractivity contribution in [3.05, 3.63) is 53.6 Å². The maximum Gasteiger partial charge on any atom is 0.243 e. The van der Waals surface area contributed by atoms with E-state index in [2.05, 4.69) is 5.32 Å². The van der Waals surface area contributed by atoms with E-state index in [1.807, 2.05) is 19.1 Å². The number of nitrogens with zero attached hydrogens (tertiary/aromatic N) is 2. The Labute approximate surface area is 214 Å². The fraction of sp³-hybridized carbons (Fsp3) is 0.480. The molecule has 1 aliphatic heterocycles. The molecule has 198 valence electrons. The van der Waals surface area contributed by atoms with Gasteiger partial charge in [-0.15, -0.1) is 0 Å². The highest BCUT2D eigenvalue weighted by atomic mass is 32.2. The SMILES string of the molecule is Cc1ccc(C)c(N([C@H](C)C(=O)NCCOc2ccc(S(=O)(=O)N3CCCCC3)cc2)S(C)(=O)=O)c1. The van der Waals surface area contributed by atoms with Crippen LogP contribution in [-0.2, 0) is 24.8 Å². The van der Waals surface area contributed by atoms with Crippen molar-refractivity contribution in [2.24, 2.45) is 0 Å². The van der Waals surface area contributed by atoms with Crippen molar-refractivity contribution in [2.75, 3.05) is 36.8 Å². The van der Waals surface area contributed by atoms with Gasteiger partial charge < -0.3 is 10.1 Å². The number of aryl methyl sites for hydroxylation is 2. The van der Waals surface area contributed by atoms with Gasteiger partial charge in [0.05, 0.1) is 23.4 Å². The minimum atomic E-state index is -3.71. The highest BCUT2D eigenvalue weighted by Gasteiger charge is 2.30. The van der Waals surface area contributed by atoms with Gasteiger partial charge in [-0.1, -0.05) is 18.6 Å². The Balaban J connectivity index is 1.56. The summed E-state index contributed by atoms with van der Waals surface area (Å²) in [4.78, 5) is 13.0. The van der Waals surface area contributed by atoms with Gasteiger partial charge in [0.25, 0.3) is 0 Å². The zero-order valence-electron chi connectivity index (χ0n) is 21.2. The highest BCUT2D eigenvalue weighted by molar-refractivity contribution is 7.92. The van der Waals surface area contributed by atoms with Crippen LogP contribution in [0.4, 0.5) is 5.69 Å². The molecule has 36 heavy (non-hydrogen) atoms. The monoisotopic (exact) mass is 537 g/mol. The van der Waals surface area contributed by atoms with Gasteiger partial charge >= 0.3 is 0 Å². The van der Waals surface area contributed by atoms with Crippen molar-refractivity contribution < 1.29 is 26.4 Å². The van der Waals surface area contributed by atoms with Crippen molar-refractivity contribution in [3.8, 4) is 5.75 Å². The van der Waals surface area contributed by atoms with Crippen LogP contribution in [0.2, 0.25) is 0 Å². The average Bonchev–Trinajstić information content (AvgIpc) is 2.84. The number of piperidine rings is 1. The van der Waals surface area contributed by atoms with Crippen molar-refractivity contribution in [1.29, 1.82) is 0 Å². The maximum atomic E-state index is 12.8. The molecule has 2 aromatic rings. The number of hydrogen-bond acceptors (Lipinski definition) is 6. The summed E-state index contributed by atoms with van der Waals surface area (Å²) in [6.45, 7) is 6.58. The highest BCUT2D eigenvalue weighted by Crippen LogP contribution is 2.26. The van der Waals surface area contributed by atoms with Crippen LogP contribution >= 0.6 is 0 Å². The van der Waals surface area contributed by atoms with E-state index in [0.717, 1.165) is 41.0 Å². The third-order valence-corrected chi connectivity index (χ3v) is 9.28. The van der Waals surface area contributed by atoms with E-state index in [1.54, 1.807) is 32.0 Å². The standard InChI is InChI=1S/C25H35N3O6S2/c1-19-8-9-20(2)24(18-19)28(35(4,30)31)21(3)25(29)26-14-17-34-22-10-12-23(13-11-22)36(32,33)27-15-6-5-7-16-27/h8-13,18,21H,5-7,14-17H2,1-4H3,(H,26,29)/t21-/m1/s1. The Kier molecular flexibility index (Phi) is 9.02. The molecule has 0 radical (unpaired) electrons. The van der Waals surface area contributed by atoms with E-state index in [9.17, 15) is 21.6 Å². The summed E-state index contributed by atoms with van der Waals surface area (Å²) < 4.78 is 58.9. The van der Waals surface area contributed by atoms with Crippen molar-refractivity contribution >= 4 is 31.6 Å². The summed E-state index contributed by atoms with van der Waals surface area (Å²) in [6.07, 6.45) is 3.87. The molecule has 0 aromatic heterocycles. The number of ether oxygens (including phenoxy) is 1. The first-order valence-corrected chi connectivity index (χ1v) is 15.3. The van der Waals surface area contributed by atoms with E-state index in [-0.39, 0.29) is 18.0 Å². The molecule has 0 saturated carbocycles. The molecule has 3 rings (SSSR count). The van der Waals surface area contributed by atoms with Crippen LogP contribution in [0.15, 0.2) is 47.4 Å². The van der Waals surface area contributed by atoms with Gasteiger partial charge in [-0.2, -0.15) is 4.31 Å². The second-order valence-corrected chi connectivity index (χ2v) is 12.9.